The first kappa shape index (κ1) is 17.8. The zero-order valence-corrected chi connectivity index (χ0v) is 15.0. The molecule has 2 rings (SSSR count). The minimum Gasteiger partial charge on any atom is -0.356 e. The van der Waals surface area contributed by atoms with Gasteiger partial charge in [-0.05, 0) is 38.2 Å². The Kier molecular flexibility index (Phi) is 6.90. The molecule has 0 bridgehead atoms. The molecular formula is C19H32N4. The molecular weight excluding hydrogens is 284 g/mol. The average Bonchev–Trinajstić information content (AvgIpc) is 2.92. The van der Waals surface area contributed by atoms with Crippen LogP contribution in [0.1, 0.15) is 32.8 Å². The predicted molar refractivity (Wildman–Crippen MR) is 98.9 cm³/mol. The second-order valence-corrected chi connectivity index (χ2v) is 6.86. The minimum absolute atomic E-state index is 0.484. The van der Waals surface area contributed by atoms with Crippen LogP contribution in [0.15, 0.2) is 35.3 Å². The summed E-state index contributed by atoms with van der Waals surface area (Å²) in [6, 6.07) is 11.7. The Morgan fingerprint density at radius 3 is 2.61 bits per heavy atom. The Bertz CT molecular complexity index is 483. The van der Waals surface area contributed by atoms with Crippen LogP contribution in [0.25, 0.3) is 0 Å². The number of aryl methyl sites for hydroxylation is 1. The van der Waals surface area contributed by atoms with E-state index in [1.54, 1.807) is 0 Å². The summed E-state index contributed by atoms with van der Waals surface area (Å²) in [4.78, 5) is 6.91. The lowest BCUT2D eigenvalue weighted by atomic mass is 10.1. The third kappa shape index (κ3) is 5.54. The molecule has 23 heavy (non-hydrogen) atoms. The highest BCUT2D eigenvalue weighted by Crippen LogP contribution is 2.18. The molecule has 1 fully saturated rings. The second kappa shape index (κ2) is 8.92. The number of likely N-dealkylation sites (tertiary alicyclic amines) is 1. The monoisotopic (exact) mass is 316 g/mol. The molecule has 2 atom stereocenters. The third-order valence-electron chi connectivity index (χ3n) is 4.69. The van der Waals surface area contributed by atoms with E-state index < -0.39 is 0 Å². The van der Waals surface area contributed by atoms with Crippen LogP contribution in [0.4, 0.5) is 0 Å². The van der Waals surface area contributed by atoms with E-state index in [2.05, 4.69) is 71.6 Å². The van der Waals surface area contributed by atoms with Gasteiger partial charge in [-0.15, -0.1) is 0 Å². The van der Waals surface area contributed by atoms with Crippen molar-refractivity contribution in [1.29, 1.82) is 0 Å². The van der Waals surface area contributed by atoms with Crippen molar-refractivity contribution in [1.82, 2.24) is 15.5 Å². The first-order chi connectivity index (χ1) is 11.1. The third-order valence-corrected chi connectivity index (χ3v) is 4.69. The van der Waals surface area contributed by atoms with Gasteiger partial charge in [-0.25, -0.2) is 0 Å². The van der Waals surface area contributed by atoms with Crippen LogP contribution in [0.5, 0.6) is 0 Å². The van der Waals surface area contributed by atoms with Gasteiger partial charge < -0.3 is 10.6 Å². The van der Waals surface area contributed by atoms with Crippen molar-refractivity contribution in [2.45, 2.75) is 45.7 Å². The molecule has 0 saturated carbocycles. The molecule has 1 aliphatic heterocycles. The molecule has 4 heteroatoms. The van der Waals surface area contributed by atoms with E-state index in [1.165, 1.54) is 12.1 Å². The Labute approximate surface area is 141 Å². The van der Waals surface area contributed by atoms with E-state index in [-0.39, 0.29) is 0 Å². The van der Waals surface area contributed by atoms with E-state index in [4.69, 9.17) is 0 Å². The van der Waals surface area contributed by atoms with Crippen LogP contribution in [-0.2, 0) is 6.42 Å². The highest BCUT2D eigenvalue weighted by atomic mass is 15.3. The van der Waals surface area contributed by atoms with E-state index in [9.17, 15) is 0 Å². The van der Waals surface area contributed by atoms with Gasteiger partial charge in [0.25, 0.3) is 0 Å². The zero-order valence-electron chi connectivity index (χ0n) is 15.0. The molecule has 0 radical (unpaired) electrons. The second-order valence-electron chi connectivity index (χ2n) is 6.86. The highest BCUT2D eigenvalue weighted by Gasteiger charge is 2.31. The number of nitrogens with zero attached hydrogens (tertiary/aromatic N) is 2. The van der Waals surface area contributed by atoms with Crippen molar-refractivity contribution in [3.8, 4) is 0 Å². The summed E-state index contributed by atoms with van der Waals surface area (Å²) in [5.41, 5.74) is 1.40. The van der Waals surface area contributed by atoms with Gasteiger partial charge in [-0.2, -0.15) is 0 Å². The lowest BCUT2D eigenvalue weighted by Gasteiger charge is -2.22. The maximum atomic E-state index is 4.38. The van der Waals surface area contributed by atoms with Gasteiger partial charge in [0.1, 0.15) is 0 Å². The van der Waals surface area contributed by atoms with Crippen molar-refractivity contribution in [2.75, 3.05) is 26.7 Å². The highest BCUT2D eigenvalue weighted by molar-refractivity contribution is 5.80. The smallest absolute Gasteiger partial charge is 0.191 e. The molecule has 1 saturated heterocycles. The van der Waals surface area contributed by atoms with Gasteiger partial charge in [-0.3, -0.25) is 9.89 Å². The van der Waals surface area contributed by atoms with Crippen molar-refractivity contribution < 1.29 is 0 Å². The Morgan fingerprint density at radius 2 is 2.00 bits per heavy atom. The van der Waals surface area contributed by atoms with E-state index in [0.29, 0.717) is 18.0 Å². The van der Waals surface area contributed by atoms with Gasteiger partial charge >= 0.3 is 0 Å². The van der Waals surface area contributed by atoms with E-state index in [1.807, 2.05) is 7.05 Å². The summed E-state index contributed by atoms with van der Waals surface area (Å²) in [5.74, 6) is 1.58. The number of guanidine groups is 1. The quantitative estimate of drug-likeness (QED) is 0.481. The van der Waals surface area contributed by atoms with Gasteiger partial charge in [0, 0.05) is 38.8 Å². The van der Waals surface area contributed by atoms with Crippen LogP contribution < -0.4 is 10.6 Å². The molecule has 0 spiro atoms. The molecule has 0 aromatic heterocycles. The average molecular weight is 316 g/mol. The summed E-state index contributed by atoms with van der Waals surface area (Å²) in [6.45, 7) is 10.1. The number of rotatable bonds is 6. The number of hydrogen-bond acceptors (Lipinski definition) is 2. The van der Waals surface area contributed by atoms with Crippen LogP contribution in [0.3, 0.4) is 0 Å². The van der Waals surface area contributed by atoms with Gasteiger partial charge in [0.15, 0.2) is 5.96 Å². The van der Waals surface area contributed by atoms with Crippen molar-refractivity contribution in [3.63, 3.8) is 0 Å². The van der Waals surface area contributed by atoms with Crippen LogP contribution in [0.2, 0.25) is 0 Å². The molecule has 0 aliphatic carbocycles. The number of nitrogens with one attached hydrogen (secondary N) is 2. The lowest BCUT2D eigenvalue weighted by molar-refractivity contribution is 0.265. The maximum Gasteiger partial charge on any atom is 0.191 e. The minimum atomic E-state index is 0.484. The van der Waals surface area contributed by atoms with Gasteiger partial charge in [0.2, 0.25) is 0 Å². The van der Waals surface area contributed by atoms with Crippen LogP contribution in [0, 0.1) is 5.92 Å². The Balaban J connectivity index is 1.71. The number of hydrogen-bond donors (Lipinski definition) is 2. The Morgan fingerprint density at radius 1 is 1.26 bits per heavy atom. The van der Waals surface area contributed by atoms with Gasteiger partial charge in [0.05, 0.1) is 0 Å². The molecule has 1 aromatic rings. The SMILES string of the molecule is CN=C(NCCCc1ccccc1)NC1CN(C(C)C)CC1C. The van der Waals surface area contributed by atoms with Crippen LogP contribution in [-0.4, -0.2) is 49.6 Å². The van der Waals surface area contributed by atoms with E-state index >= 15 is 0 Å². The van der Waals surface area contributed by atoms with Gasteiger partial charge in [-0.1, -0.05) is 37.3 Å². The fraction of sp³-hybridized carbons (Fsp3) is 0.632. The largest absolute Gasteiger partial charge is 0.356 e. The molecule has 1 aromatic carbocycles. The zero-order chi connectivity index (χ0) is 16.7. The molecule has 1 heterocycles. The van der Waals surface area contributed by atoms with Crippen molar-refractivity contribution >= 4 is 5.96 Å². The topological polar surface area (TPSA) is 39.7 Å². The van der Waals surface area contributed by atoms with Crippen LogP contribution >= 0.6 is 0 Å². The summed E-state index contributed by atoms with van der Waals surface area (Å²) in [7, 11) is 1.85. The predicted octanol–water partition coefficient (Wildman–Crippen LogP) is 2.51. The molecule has 2 N–H and O–H groups in total. The standard InChI is InChI=1S/C19H32N4/c1-15(2)23-13-16(3)18(14-23)22-19(20-4)21-12-8-11-17-9-6-5-7-10-17/h5-7,9-10,15-16,18H,8,11-14H2,1-4H3,(H2,20,21,22). The normalized spacial score (nSPS) is 22.6. The Hall–Kier alpha value is -1.55. The first-order valence-corrected chi connectivity index (χ1v) is 8.85. The molecule has 1 aliphatic rings. The first-order valence-electron chi connectivity index (χ1n) is 8.85. The molecule has 4 nitrogen and oxygen atoms in total. The summed E-state index contributed by atoms with van der Waals surface area (Å²) < 4.78 is 0. The fourth-order valence-corrected chi connectivity index (χ4v) is 3.13. The summed E-state index contributed by atoms with van der Waals surface area (Å²) in [5, 5.41) is 7.05. The molecule has 2 unspecified atom stereocenters. The lowest BCUT2D eigenvalue weighted by Crippen LogP contribution is -2.47. The number of aliphatic imine (C=N–C) groups is 1. The van der Waals surface area contributed by atoms with E-state index in [0.717, 1.165) is 31.9 Å². The van der Waals surface area contributed by atoms with Crippen molar-refractivity contribution in [2.24, 2.45) is 10.9 Å². The van der Waals surface area contributed by atoms with Crippen molar-refractivity contribution in [3.05, 3.63) is 35.9 Å². The number of benzene rings is 1. The summed E-state index contributed by atoms with van der Waals surface area (Å²) >= 11 is 0. The molecule has 128 valence electrons. The molecule has 0 amide bonds. The maximum absolute atomic E-state index is 4.38. The fourth-order valence-electron chi connectivity index (χ4n) is 3.13. The summed E-state index contributed by atoms with van der Waals surface area (Å²) in [6.07, 6.45) is 2.22.